The molecule has 2 N–H and O–H groups in total. The lowest BCUT2D eigenvalue weighted by Crippen LogP contribution is -2.38. The predicted molar refractivity (Wildman–Crippen MR) is 108 cm³/mol. The molecule has 4 heteroatoms. The van der Waals surface area contributed by atoms with E-state index in [0.717, 1.165) is 11.1 Å². The van der Waals surface area contributed by atoms with Gasteiger partial charge >= 0.3 is 0 Å². The number of rotatable bonds is 5. The lowest BCUT2D eigenvalue weighted by atomic mass is 10.1. The van der Waals surface area contributed by atoms with Gasteiger partial charge in [-0.3, -0.25) is 9.59 Å². The molecule has 0 spiro atoms. The van der Waals surface area contributed by atoms with Crippen molar-refractivity contribution in [2.75, 3.05) is 6.54 Å². The van der Waals surface area contributed by atoms with Gasteiger partial charge in [0.05, 0.1) is 6.54 Å². The second kappa shape index (κ2) is 10.6. The molecule has 0 aliphatic heterocycles. The minimum atomic E-state index is -0.521. The third-order valence-corrected chi connectivity index (χ3v) is 3.78. The molecule has 0 fully saturated rings. The van der Waals surface area contributed by atoms with Gasteiger partial charge in [-0.15, -0.1) is 0 Å². The maximum atomic E-state index is 12.5. The summed E-state index contributed by atoms with van der Waals surface area (Å²) in [6.07, 6.45) is 0. The van der Waals surface area contributed by atoms with Gasteiger partial charge in [0, 0.05) is 12.1 Å². The van der Waals surface area contributed by atoms with Crippen molar-refractivity contribution in [2.24, 2.45) is 5.73 Å². The number of amides is 2. The molecular weight excluding hydrogens is 336 g/mol. The van der Waals surface area contributed by atoms with Gasteiger partial charge in [-0.1, -0.05) is 84.4 Å². The Morgan fingerprint density at radius 3 is 1.89 bits per heavy atom. The van der Waals surface area contributed by atoms with E-state index < -0.39 is 5.91 Å². The van der Waals surface area contributed by atoms with Crippen molar-refractivity contribution in [1.82, 2.24) is 4.90 Å². The smallest absolute Gasteiger partial charge is 0.254 e. The van der Waals surface area contributed by atoms with Crippen molar-refractivity contribution < 1.29 is 9.59 Å². The Morgan fingerprint density at radius 2 is 1.37 bits per heavy atom. The first kappa shape index (κ1) is 19.9. The Morgan fingerprint density at radius 1 is 0.815 bits per heavy atom. The number of carbonyl (C=O) groups excluding carboxylic acids is 2. The van der Waals surface area contributed by atoms with Crippen molar-refractivity contribution in [3.63, 3.8) is 0 Å². The normalized spacial score (nSPS) is 9.67. The molecule has 0 bridgehead atoms. The van der Waals surface area contributed by atoms with Crippen LogP contribution < -0.4 is 5.73 Å². The molecule has 4 nitrogen and oxygen atoms in total. The number of nitrogens with two attached hydrogens (primary N) is 1. The first-order valence-corrected chi connectivity index (χ1v) is 8.74. The minimum Gasteiger partial charge on any atom is -0.368 e. The van der Waals surface area contributed by atoms with Gasteiger partial charge in [-0.05, 0) is 24.6 Å². The average molecular weight is 360 g/mol. The molecule has 3 aromatic carbocycles. The van der Waals surface area contributed by atoms with Crippen molar-refractivity contribution in [3.05, 3.63) is 108 Å². The van der Waals surface area contributed by atoms with Crippen LogP contribution in [0.1, 0.15) is 21.5 Å². The van der Waals surface area contributed by atoms with E-state index in [1.54, 1.807) is 24.3 Å². The van der Waals surface area contributed by atoms with E-state index in [-0.39, 0.29) is 12.5 Å². The molecule has 3 rings (SSSR count). The summed E-state index contributed by atoms with van der Waals surface area (Å²) in [5.74, 6) is -0.720. The number of aryl methyl sites for hydroxylation is 1. The Bertz CT molecular complexity index is 822. The van der Waals surface area contributed by atoms with Crippen LogP contribution in [0.25, 0.3) is 0 Å². The van der Waals surface area contributed by atoms with Gasteiger partial charge in [0.15, 0.2) is 0 Å². The van der Waals surface area contributed by atoms with E-state index in [2.05, 4.69) is 0 Å². The molecule has 0 heterocycles. The van der Waals surface area contributed by atoms with Crippen LogP contribution in [0.2, 0.25) is 0 Å². The number of benzene rings is 3. The van der Waals surface area contributed by atoms with Crippen LogP contribution in [-0.4, -0.2) is 23.3 Å². The Hall–Kier alpha value is -3.40. The summed E-state index contributed by atoms with van der Waals surface area (Å²) in [6.45, 7) is 2.25. The monoisotopic (exact) mass is 360 g/mol. The molecule has 27 heavy (non-hydrogen) atoms. The SMILES string of the molecule is Cc1cccc(CN(CC(N)=O)C(=O)c2ccccc2)c1.c1ccccc1. The maximum absolute atomic E-state index is 12.5. The third kappa shape index (κ3) is 7.16. The molecule has 0 aliphatic carbocycles. The molecule has 0 radical (unpaired) electrons. The standard InChI is InChI=1S/C17H18N2O2.C6H6/c1-13-6-5-7-14(10-13)11-19(12-16(18)20)17(21)15-8-3-2-4-9-15;1-2-4-6-5-3-1/h2-10H,11-12H2,1H3,(H2,18,20);1-6H. The maximum Gasteiger partial charge on any atom is 0.254 e. The van der Waals surface area contributed by atoms with Gasteiger partial charge in [-0.25, -0.2) is 0 Å². The minimum absolute atomic E-state index is 0.0956. The van der Waals surface area contributed by atoms with Crippen molar-refractivity contribution in [3.8, 4) is 0 Å². The summed E-state index contributed by atoms with van der Waals surface area (Å²) in [6, 6.07) is 28.7. The van der Waals surface area contributed by atoms with E-state index in [0.29, 0.717) is 12.1 Å². The second-order valence-electron chi connectivity index (χ2n) is 6.14. The van der Waals surface area contributed by atoms with Gasteiger partial charge < -0.3 is 10.6 Å². The fraction of sp³-hybridized carbons (Fsp3) is 0.130. The summed E-state index contributed by atoms with van der Waals surface area (Å²) in [5.41, 5.74) is 7.89. The van der Waals surface area contributed by atoms with E-state index in [1.165, 1.54) is 4.90 Å². The summed E-state index contributed by atoms with van der Waals surface area (Å²) in [5, 5.41) is 0. The Balaban J connectivity index is 0.000000369. The quantitative estimate of drug-likeness (QED) is 0.752. The average Bonchev–Trinajstić information content (AvgIpc) is 2.69. The topological polar surface area (TPSA) is 63.4 Å². The molecule has 0 saturated carbocycles. The van der Waals surface area contributed by atoms with Crippen LogP contribution in [0.3, 0.4) is 0 Å². The Labute approximate surface area is 160 Å². The lowest BCUT2D eigenvalue weighted by molar-refractivity contribution is -0.118. The highest BCUT2D eigenvalue weighted by Gasteiger charge is 2.17. The molecular formula is C23H24N2O2. The van der Waals surface area contributed by atoms with Gasteiger partial charge in [-0.2, -0.15) is 0 Å². The van der Waals surface area contributed by atoms with Crippen LogP contribution in [0, 0.1) is 6.92 Å². The van der Waals surface area contributed by atoms with E-state index in [4.69, 9.17) is 5.73 Å². The van der Waals surface area contributed by atoms with Crippen LogP contribution in [0.15, 0.2) is 91.0 Å². The zero-order chi connectivity index (χ0) is 19.5. The lowest BCUT2D eigenvalue weighted by Gasteiger charge is -2.21. The molecule has 0 aliphatic rings. The Kier molecular flexibility index (Phi) is 7.79. The molecule has 2 amide bonds. The van der Waals surface area contributed by atoms with Crippen molar-refractivity contribution >= 4 is 11.8 Å². The molecule has 0 aromatic heterocycles. The van der Waals surface area contributed by atoms with Gasteiger partial charge in [0.25, 0.3) is 5.91 Å². The van der Waals surface area contributed by atoms with E-state index in [9.17, 15) is 9.59 Å². The molecule has 138 valence electrons. The van der Waals surface area contributed by atoms with Crippen molar-refractivity contribution in [2.45, 2.75) is 13.5 Å². The van der Waals surface area contributed by atoms with Crippen LogP contribution in [0.4, 0.5) is 0 Å². The molecule has 0 atom stereocenters. The molecule has 3 aromatic rings. The number of hydrogen-bond donors (Lipinski definition) is 1. The van der Waals surface area contributed by atoms with Crippen LogP contribution >= 0.6 is 0 Å². The zero-order valence-electron chi connectivity index (χ0n) is 15.4. The predicted octanol–water partition coefficient (Wildman–Crippen LogP) is 3.81. The summed E-state index contributed by atoms with van der Waals surface area (Å²) in [7, 11) is 0. The van der Waals surface area contributed by atoms with Gasteiger partial charge in [0.1, 0.15) is 0 Å². The number of primary amides is 1. The third-order valence-electron chi connectivity index (χ3n) is 3.78. The highest BCUT2D eigenvalue weighted by atomic mass is 16.2. The summed E-state index contributed by atoms with van der Waals surface area (Å²) < 4.78 is 0. The van der Waals surface area contributed by atoms with Crippen molar-refractivity contribution in [1.29, 1.82) is 0 Å². The first-order valence-electron chi connectivity index (χ1n) is 8.74. The fourth-order valence-electron chi connectivity index (χ4n) is 2.57. The number of carbonyl (C=O) groups is 2. The highest BCUT2D eigenvalue weighted by molar-refractivity contribution is 5.96. The number of hydrogen-bond acceptors (Lipinski definition) is 2. The van der Waals surface area contributed by atoms with E-state index >= 15 is 0 Å². The summed E-state index contributed by atoms with van der Waals surface area (Å²) >= 11 is 0. The highest BCUT2D eigenvalue weighted by Crippen LogP contribution is 2.11. The molecule has 0 saturated heterocycles. The zero-order valence-corrected chi connectivity index (χ0v) is 15.4. The van der Waals surface area contributed by atoms with Gasteiger partial charge in [0.2, 0.25) is 5.91 Å². The fourth-order valence-corrected chi connectivity index (χ4v) is 2.57. The first-order chi connectivity index (χ1) is 13.1. The van der Waals surface area contributed by atoms with Crippen LogP contribution in [0.5, 0.6) is 0 Å². The number of nitrogens with zero attached hydrogens (tertiary/aromatic N) is 1. The summed E-state index contributed by atoms with van der Waals surface area (Å²) in [4.78, 5) is 25.2. The molecule has 0 unspecified atom stereocenters. The second-order valence-corrected chi connectivity index (χ2v) is 6.14. The van der Waals surface area contributed by atoms with E-state index in [1.807, 2.05) is 73.7 Å². The van der Waals surface area contributed by atoms with Crippen LogP contribution in [-0.2, 0) is 11.3 Å². The largest absolute Gasteiger partial charge is 0.368 e.